The maximum Gasteiger partial charge on any atom is 0.245 e. The number of carbonyl (C=O) groups excluding carboxylic acids is 1. The van der Waals surface area contributed by atoms with Crippen molar-refractivity contribution < 1.29 is 18.7 Å². The van der Waals surface area contributed by atoms with E-state index in [0.29, 0.717) is 40.7 Å². The number of rotatable bonds is 7. The van der Waals surface area contributed by atoms with Gasteiger partial charge in [0.15, 0.2) is 5.75 Å². The number of anilines is 1. The number of methoxy groups -OCH3 is 1. The number of pyridine rings is 1. The van der Waals surface area contributed by atoms with Gasteiger partial charge in [-0.15, -0.1) is 0 Å². The lowest BCUT2D eigenvalue weighted by atomic mass is 9.93. The lowest BCUT2D eigenvalue weighted by Crippen LogP contribution is -2.41. The van der Waals surface area contributed by atoms with Crippen molar-refractivity contribution in [3.8, 4) is 11.5 Å². The highest BCUT2D eigenvalue weighted by molar-refractivity contribution is 5.97. The number of halogens is 1. The molecule has 2 N–H and O–H groups in total. The molecule has 166 valence electrons. The Morgan fingerprint density at radius 2 is 2.09 bits per heavy atom. The first-order valence-electron chi connectivity index (χ1n) is 10.1. The Morgan fingerprint density at radius 1 is 1.28 bits per heavy atom. The fraction of sp³-hybridized carbons (Fsp3) is 0.304. The molecule has 1 aliphatic carbocycles. The van der Waals surface area contributed by atoms with E-state index in [1.165, 1.54) is 31.6 Å². The van der Waals surface area contributed by atoms with Gasteiger partial charge < -0.3 is 9.47 Å². The van der Waals surface area contributed by atoms with E-state index in [4.69, 9.17) is 15.3 Å². The molecule has 1 aliphatic rings. The Kier molecular flexibility index (Phi) is 5.75. The number of aromatic nitrogens is 3. The molecule has 8 nitrogen and oxygen atoms in total. The quantitative estimate of drug-likeness (QED) is 0.344. The van der Waals surface area contributed by atoms with Gasteiger partial charge in [-0.2, -0.15) is 0 Å². The molecule has 1 fully saturated rings. The predicted octanol–water partition coefficient (Wildman–Crippen LogP) is 2.88. The average molecular weight is 437 g/mol. The zero-order valence-electron chi connectivity index (χ0n) is 18.1. The first-order valence-corrected chi connectivity index (χ1v) is 10.1. The van der Waals surface area contributed by atoms with Gasteiger partial charge in [-0.1, -0.05) is 12.1 Å². The number of nitrogens with two attached hydrogens (primary N) is 1. The van der Waals surface area contributed by atoms with Gasteiger partial charge in [0.1, 0.15) is 17.4 Å². The average Bonchev–Trinajstić information content (AvgIpc) is 3.53. The monoisotopic (exact) mass is 437 g/mol. The van der Waals surface area contributed by atoms with E-state index in [1.807, 2.05) is 6.92 Å². The molecular weight excluding hydrogens is 413 g/mol. The van der Waals surface area contributed by atoms with E-state index in [9.17, 15) is 9.18 Å². The summed E-state index contributed by atoms with van der Waals surface area (Å²) in [5.74, 6) is 6.59. The lowest BCUT2D eigenvalue weighted by Gasteiger charge is -2.22. The van der Waals surface area contributed by atoms with E-state index < -0.39 is 11.3 Å². The summed E-state index contributed by atoms with van der Waals surface area (Å²) in [6.07, 6.45) is 5.07. The van der Waals surface area contributed by atoms with Crippen LogP contribution >= 0.6 is 0 Å². The van der Waals surface area contributed by atoms with Crippen LogP contribution in [-0.2, 0) is 10.2 Å². The maximum atomic E-state index is 14.0. The summed E-state index contributed by atoms with van der Waals surface area (Å²) in [5.41, 5.74) is 1.05. The third-order valence-electron chi connectivity index (χ3n) is 5.76. The molecule has 1 saturated carbocycles. The van der Waals surface area contributed by atoms with Crippen LogP contribution in [0, 0.1) is 25.6 Å². The van der Waals surface area contributed by atoms with Crippen LogP contribution < -0.4 is 20.3 Å². The van der Waals surface area contributed by atoms with Crippen molar-refractivity contribution in [2.24, 2.45) is 11.8 Å². The molecule has 32 heavy (non-hydrogen) atoms. The van der Waals surface area contributed by atoms with E-state index in [-0.39, 0.29) is 18.3 Å². The highest BCUT2D eigenvalue weighted by Crippen LogP contribution is 2.55. The Bertz CT molecular complexity index is 1160. The molecule has 2 atom stereocenters. The second-order valence-electron chi connectivity index (χ2n) is 7.87. The molecule has 1 aromatic carbocycles. The van der Waals surface area contributed by atoms with Crippen LogP contribution in [0.3, 0.4) is 0 Å². The minimum Gasteiger partial charge on any atom is -0.495 e. The van der Waals surface area contributed by atoms with Crippen LogP contribution in [-0.4, -0.2) is 34.6 Å². The van der Waals surface area contributed by atoms with Crippen LogP contribution in [0.15, 0.2) is 48.9 Å². The van der Waals surface area contributed by atoms with Gasteiger partial charge in [-0.3, -0.25) is 9.78 Å². The van der Waals surface area contributed by atoms with E-state index in [0.717, 1.165) is 5.01 Å². The van der Waals surface area contributed by atoms with Gasteiger partial charge in [0.2, 0.25) is 5.91 Å². The minimum atomic E-state index is -0.722. The molecule has 1 amide bonds. The zero-order chi connectivity index (χ0) is 22.9. The van der Waals surface area contributed by atoms with Gasteiger partial charge in [0.25, 0.3) is 0 Å². The number of hydrogen-bond acceptors (Lipinski definition) is 7. The number of hydrogen-bond donors (Lipinski definition) is 1. The summed E-state index contributed by atoms with van der Waals surface area (Å²) in [7, 11) is 1.51. The van der Waals surface area contributed by atoms with Crippen molar-refractivity contribution in [1.29, 1.82) is 0 Å². The third-order valence-corrected chi connectivity index (χ3v) is 5.76. The van der Waals surface area contributed by atoms with E-state index in [1.54, 1.807) is 31.3 Å². The number of nitrogens with zero attached hydrogens (tertiary/aromatic N) is 4. The SMILES string of the molecule is COc1cncc(N(N)C(=O)[C@@H]2C[C@@]2(COc2cnc(C)nc2C)c2cccc(F)c2)c1. The van der Waals surface area contributed by atoms with Crippen molar-refractivity contribution in [2.75, 3.05) is 18.7 Å². The normalized spacial score (nSPS) is 19.3. The smallest absolute Gasteiger partial charge is 0.245 e. The summed E-state index contributed by atoms with van der Waals surface area (Å²) in [6, 6.07) is 7.85. The molecule has 0 radical (unpaired) electrons. The molecule has 4 rings (SSSR count). The highest BCUT2D eigenvalue weighted by Gasteiger charge is 2.61. The van der Waals surface area contributed by atoms with Crippen molar-refractivity contribution >= 4 is 11.6 Å². The molecule has 2 aromatic heterocycles. The minimum absolute atomic E-state index is 0.157. The van der Waals surface area contributed by atoms with Crippen LogP contribution in [0.1, 0.15) is 23.5 Å². The second-order valence-corrected chi connectivity index (χ2v) is 7.87. The van der Waals surface area contributed by atoms with E-state index >= 15 is 0 Å². The fourth-order valence-corrected chi connectivity index (χ4v) is 3.86. The van der Waals surface area contributed by atoms with Crippen molar-refractivity contribution in [3.05, 3.63) is 71.8 Å². The van der Waals surface area contributed by atoms with Crippen molar-refractivity contribution in [3.63, 3.8) is 0 Å². The Morgan fingerprint density at radius 3 is 2.81 bits per heavy atom. The van der Waals surface area contributed by atoms with E-state index in [2.05, 4.69) is 15.0 Å². The van der Waals surface area contributed by atoms with Gasteiger partial charge in [-0.05, 0) is 38.0 Å². The molecule has 2 heterocycles. The van der Waals surface area contributed by atoms with Gasteiger partial charge in [0, 0.05) is 11.5 Å². The van der Waals surface area contributed by atoms with Crippen LogP contribution in [0.25, 0.3) is 0 Å². The summed E-state index contributed by atoms with van der Waals surface area (Å²) in [6.45, 7) is 3.78. The van der Waals surface area contributed by atoms with Crippen LogP contribution in [0.2, 0.25) is 0 Å². The molecule has 0 spiro atoms. The molecule has 0 unspecified atom stereocenters. The Labute approximate surface area is 185 Å². The van der Waals surface area contributed by atoms with Crippen molar-refractivity contribution in [2.45, 2.75) is 25.7 Å². The second kappa shape index (κ2) is 8.51. The van der Waals surface area contributed by atoms with Crippen LogP contribution in [0.5, 0.6) is 11.5 Å². The molecule has 0 bridgehead atoms. The maximum absolute atomic E-state index is 14.0. The number of hydrazine groups is 1. The van der Waals surface area contributed by atoms with Gasteiger partial charge in [-0.25, -0.2) is 25.2 Å². The Hall–Kier alpha value is -3.59. The number of carbonyl (C=O) groups is 1. The topological polar surface area (TPSA) is 103 Å². The molecular formula is C23H24FN5O3. The molecule has 0 saturated heterocycles. The van der Waals surface area contributed by atoms with Gasteiger partial charge in [0.05, 0.1) is 49.6 Å². The largest absolute Gasteiger partial charge is 0.495 e. The third kappa shape index (κ3) is 4.11. The predicted molar refractivity (Wildman–Crippen MR) is 116 cm³/mol. The number of aryl methyl sites for hydroxylation is 2. The summed E-state index contributed by atoms with van der Waals surface area (Å²) < 4.78 is 25.2. The number of ether oxygens (including phenoxy) is 2. The first-order chi connectivity index (χ1) is 15.3. The standard InChI is InChI=1S/C23H24FN5O3/c1-14-21(12-27-15(2)28-14)32-13-23(16-5-4-6-17(24)7-16)9-20(23)22(30)29(25)18-8-19(31-3)11-26-10-18/h4-8,10-12,20H,9,13,25H2,1-3H3/t20-,23+/m0/s1. The Balaban J connectivity index is 1.60. The zero-order valence-corrected chi connectivity index (χ0v) is 18.1. The molecule has 9 heteroatoms. The summed E-state index contributed by atoms with van der Waals surface area (Å²) >= 11 is 0. The summed E-state index contributed by atoms with van der Waals surface area (Å²) in [5, 5.41) is 1.06. The van der Waals surface area contributed by atoms with Gasteiger partial charge >= 0.3 is 0 Å². The molecule has 3 aromatic rings. The number of amides is 1. The fourth-order valence-electron chi connectivity index (χ4n) is 3.86. The van der Waals surface area contributed by atoms with Crippen LogP contribution in [0.4, 0.5) is 10.1 Å². The molecule has 0 aliphatic heterocycles. The summed E-state index contributed by atoms with van der Waals surface area (Å²) in [4.78, 5) is 25.8. The number of benzene rings is 1. The first kappa shape index (κ1) is 21.6. The van der Waals surface area contributed by atoms with Crippen molar-refractivity contribution in [1.82, 2.24) is 15.0 Å². The highest BCUT2D eigenvalue weighted by atomic mass is 19.1. The lowest BCUT2D eigenvalue weighted by molar-refractivity contribution is -0.120.